The molecule has 0 saturated carbocycles. The Morgan fingerprint density at radius 1 is 0.810 bits per heavy atom. The molecule has 0 aromatic heterocycles. The van der Waals surface area contributed by atoms with Gasteiger partial charge in [0.05, 0.1) is 6.10 Å². The van der Waals surface area contributed by atoms with E-state index in [1.165, 1.54) is 6.42 Å². The molecule has 0 rings (SSSR count). The molecule has 5 unspecified atom stereocenters. The number of hydrogen-bond donors (Lipinski definition) is 1. The third-order valence-corrected chi connectivity index (χ3v) is 7.32. The molecule has 0 aromatic rings. The number of hydrogen-bond acceptors (Lipinski definition) is 1. The summed E-state index contributed by atoms with van der Waals surface area (Å²) in [7, 11) is 0. The van der Waals surface area contributed by atoms with Crippen molar-refractivity contribution in [2.45, 2.75) is 94.6 Å². The molecular weight excluding hydrogens is 256 g/mol. The third kappa shape index (κ3) is 4.47. The first-order valence-corrected chi connectivity index (χ1v) is 9.14. The zero-order chi connectivity index (χ0) is 17.0. The van der Waals surface area contributed by atoms with E-state index < -0.39 is 0 Å². The Kier molecular flexibility index (Phi) is 7.98. The van der Waals surface area contributed by atoms with Crippen LogP contribution < -0.4 is 0 Å². The van der Waals surface area contributed by atoms with Gasteiger partial charge < -0.3 is 5.11 Å². The molecule has 5 atom stereocenters. The van der Waals surface area contributed by atoms with Crippen LogP contribution >= 0.6 is 0 Å². The van der Waals surface area contributed by atoms with E-state index in [9.17, 15) is 5.11 Å². The van der Waals surface area contributed by atoms with Gasteiger partial charge in [0.15, 0.2) is 0 Å². The lowest BCUT2D eigenvalue weighted by Crippen LogP contribution is -2.44. The summed E-state index contributed by atoms with van der Waals surface area (Å²) in [5.74, 6) is 2.19. The quantitative estimate of drug-likeness (QED) is 0.541. The Bertz CT molecular complexity index is 296. The summed E-state index contributed by atoms with van der Waals surface area (Å²) in [6.45, 7) is 23.1. The van der Waals surface area contributed by atoms with Gasteiger partial charge in [-0.1, -0.05) is 75.7 Å². The summed E-state index contributed by atoms with van der Waals surface area (Å²) in [5.41, 5.74) is 0.476. The molecule has 1 nitrogen and oxygen atoms in total. The largest absolute Gasteiger partial charge is 0.393 e. The summed E-state index contributed by atoms with van der Waals surface area (Å²) in [6.07, 6.45) is 3.03. The van der Waals surface area contributed by atoms with Crippen LogP contribution in [-0.2, 0) is 0 Å². The van der Waals surface area contributed by atoms with Gasteiger partial charge in [0.1, 0.15) is 0 Å². The molecule has 0 bridgehead atoms. The van der Waals surface area contributed by atoms with Crippen molar-refractivity contribution < 1.29 is 5.11 Å². The van der Waals surface area contributed by atoms with Crippen LogP contribution in [0.5, 0.6) is 0 Å². The van der Waals surface area contributed by atoms with Gasteiger partial charge in [-0.25, -0.2) is 0 Å². The second-order valence-corrected chi connectivity index (χ2v) is 8.57. The molecule has 1 N–H and O–H groups in total. The lowest BCUT2D eigenvalue weighted by Gasteiger charge is -2.51. The Labute approximate surface area is 134 Å². The van der Waals surface area contributed by atoms with E-state index in [1.54, 1.807) is 0 Å². The SMILES string of the molecule is CCC(C)(CC(O)C(C)C(C)C(C)C)C(C)(CC)C(C)C. The van der Waals surface area contributed by atoms with E-state index in [2.05, 4.69) is 69.2 Å². The molecular formula is C20H42O. The Morgan fingerprint density at radius 2 is 1.29 bits per heavy atom. The van der Waals surface area contributed by atoms with Gasteiger partial charge in [-0.05, 0) is 47.3 Å². The zero-order valence-corrected chi connectivity index (χ0v) is 16.5. The molecule has 0 spiro atoms. The van der Waals surface area contributed by atoms with Crippen LogP contribution in [0.1, 0.15) is 88.5 Å². The van der Waals surface area contributed by atoms with Crippen LogP contribution in [-0.4, -0.2) is 11.2 Å². The summed E-state index contributed by atoms with van der Waals surface area (Å²) < 4.78 is 0. The first kappa shape index (κ1) is 21.0. The summed E-state index contributed by atoms with van der Waals surface area (Å²) in [4.78, 5) is 0. The van der Waals surface area contributed by atoms with Crippen LogP contribution in [0.3, 0.4) is 0 Å². The molecule has 0 amide bonds. The lowest BCUT2D eigenvalue weighted by molar-refractivity contribution is -0.0498. The highest BCUT2D eigenvalue weighted by Gasteiger charge is 2.45. The second kappa shape index (κ2) is 7.99. The van der Waals surface area contributed by atoms with Crippen molar-refractivity contribution >= 4 is 0 Å². The molecule has 0 fully saturated rings. The van der Waals surface area contributed by atoms with Gasteiger partial charge in [0, 0.05) is 0 Å². The van der Waals surface area contributed by atoms with Gasteiger partial charge in [-0.3, -0.25) is 0 Å². The number of rotatable bonds is 9. The maximum Gasteiger partial charge on any atom is 0.0573 e. The molecule has 0 aliphatic heterocycles. The molecule has 21 heavy (non-hydrogen) atoms. The fourth-order valence-corrected chi connectivity index (χ4v) is 3.92. The van der Waals surface area contributed by atoms with Gasteiger partial charge in [-0.2, -0.15) is 0 Å². The molecule has 0 saturated heterocycles. The fraction of sp³-hybridized carbons (Fsp3) is 1.00. The molecule has 0 aliphatic rings. The molecule has 0 radical (unpaired) electrons. The van der Waals surface area contributed by atoms with Crippen LogP contribution in [0.2, 0.25) is 0 Å². The van der Waals surface area contributed by atoms with Crippen molar-refractivity contribution in [1.29, 1.82) is 0 Å². The summed E-state index contributed by atoms with van der Waals surface area (Å²) in [5, 5.41) is 10.8. The zero-order valence-electron chi connectivity index (χ0n) is 16.5. The maximum absolute atomic E-state index is 10.8. The first-order valence-electron chi connectivity index (χ1n) is 9.14. The average Bonchev–Trinajstić information content (AvgIpc) is 2.43. The third-order valence-electron chi connectivity index (χ3n) is 7.32. The predicted octanol–water partition coefficient (Wildman–Crippen LogP) is 6.15. The van der Waals surface area contributed by atoms with Crippen molar-refractivity contribution in [2.24, 2.45) is 34.5 Å². The Balaban J connectivity index is 5.21. The van der Waals surface area contributed by atoms with E-state index in [0.29, 0.717) is 23.7 Å². The van der Waals surface area contributed by atoms with Crippen LogP contribution in [0.25, 0.3) is 0 Å². The highest BCUT2D eigenvalue weighted by atomic mass is 16.3. The Hall–Kier alpha value is -0.0400. The predicted molar refractivity (Wildman–Crippen MR) is 95.4 cm³/mol. The molecule has 0 aliphatic carbocycles. The van der Waals surface area contributed by atoms with Crippen molar-refractivity contribution in [1.82, 2.24) is 0 Å². The number of aliphatic hydroxyl groups excluding tert-OH is 1. The number of aliphatic hydroxyl groups is 1. The summed E-state index contributed by atoms with van der Waals surface area (Å²) >= 11 is 0. The first-order chi connectivity index (χ1) is 9.46. The van der Waals surface area contributed by atoms with E-state index in [4.69, 9.17) is 0 Å². The van der Waals surface area contributed by atoms with E-state index in [0.717, 1.165) is 12.8 Å². The topological polar surface area (TPSA) is 20.2 Å². The van der Waals surface area contributed by atoms with Crippen molar-refractivity contribution in [3.8, 4) is 0 Å². The normalized spacial score (nSPS) is 22.7. The van der Waals surface area contributed by atoms with Gasteiger partial charge in [0.2, 0.25) is 0 Å². The molecule has 1 heteroatoms. The average molecular weight is 299 g/mol. The summed E-state index contributed by atoms with van der Waals surface area (Å²) in [6, 6.07) is 0. The minimum Gasteiger partial charge on any atom is -0.393 e. The van der Waals surface area contributed by atoms with Crippen molar-refractivity contribution in [3.63, 3.8) is 0 Å². The van der Waals surface area contributed by atoms with Crippen LogP contribution in [0.15, 0.2) is 0 Å². The smallest absolute Gasteiger partial charge is 0.0573 e. The molecule has 128 valence electrons. The van der Waals surface area contributed by atoms with Gasteiger partial charge >= 0.3 is 0 Å². The monoisotopic (exact) mass is 298 g/mol. The second-order valence-electron chi connectivity index (χ2n) is 8.57. The van der Waals surface area contributed by atoms with E-state index >= 15 is 0 Å². The van der Waals surface area contributed by atoms with Crippen LogP contribution in [0.4, 0.5) is 0 Å². The van der Waals surface area contributed by atoms with Gasteiger partial charge in [-0.15, -0.1) is 0 Å². The standard InChI is InChI=1S/C20H42O/c1-11-19(9,20(10,12-2)15(5)6)13-18(21)17(8)16(7)14(3)4/h14-18,21H,11-13H2,1-10H3. The fourth-order valence-electron chi connectivity index (χ4n) is 3.92. The highest BCUT2D eigenvalue weighted by Crippen LogP contribution is 2.53. The van der Waals surface area contributed by atoms with Gasteiger partial charge in [0.25, 0.3) is 0 Å². The van der Waals surface area contributed by atoms with E-state index in [1.807, 2.05) is 0 Å². The van der Waals surface area contributed by atoms with Crippen molar-refractivity contribution in [2.75, 3.05) is 0 Å². The van der Waals surface area contributed by atoms with Crippen LogP contribution in [0, 0.1) is 34.5 Å². The van der Waals surface area contributed by atoms with Crippen molar-refractivity contribution in [3.05, 3.63) is 0 Å². The maximum atomic E-state index is 10.8. The lowest BCUT2D eigenvalue weighted by atomic mass is 9.55. The molecule has 0 heterocycles. The minimum atomic E-state index is -0.197. The minimum absolute atomic E-state index is 0.195. The Morgan fingerprint density at radius 3 is 1.57 bits per heavy atom. The molecule has 0 aromatic carbocycles. The highest BCUT2D eigenvalue weighted by molar-refractivity contribution is 4.95. The van der Waals surface area contributed by atoms with E-state index in [-0.39, 0.29) is 16.9 Å².